The molecule has 4 unspecified atom stereocenters. The average Bonchev–Trinajstić information content (AvgIpc) is 3.21. The Morgan fingerprint density at radius 3 is 2.80 bits per heavy atom. The lowest BCUT2D eigenvalue weighted by Crippen LogP contribution is -2.49. The van der Waals surface area contributed by atoms with Gasteiger partial charge in [-0.2, -0.15) is 0 Å². The Bertz CT molecular complexity index is 587. The van der Waals surface area contributed by atoms with Crippen molar-refractivity contribution < 1.29 is 13.9 Å². The number of nitrogens with one attached hydrogen (secondary N) is 2. The molecule has 2 bridgehead atoms. The number of rotatable bonds is 6. The highest BCUT2D eigenvalue weighted by molar-refractivity contribution is 14.0. The Balaban J connectivity index is 0.00000225. The number of halogens is 2. The van der Waals surface area contributed by atoms with Crippen molar-refractivity contribution in [3.63, 3.8) is 0 Å². The minimum atomic E-state index is -0.336. The number of benzene rings is 1. The van der Waals surface area contributed by atoms with Gasteiger partial charge < -0.3 is 20.1 Å². The quantitative estimate of drug-likeness (QED) is 0.387. The van der Waals surface area contributed by atoms with E-state index in [9.17, 15) is 4.39 Å². The molecular formula is C18H27FIN3O2. The van der Waals surface area contributed by atoms with Crippen molar-refractivity contribution >= 4 is 29.9 Å². The second kappa shape index (κ2) is 9.56. The van der Waals surface area contributed by atoms with Crippen LogP contribution in [0.3, 0.4) is 0 Å². The van der Waals surface area contributed by atoms with Crippen molar-refractivity contribution in [3.05, 3.63) is 30.1 Å². The van der Waals surface area contributed by atoms with Crippen LogP contribution in [-0.2, 0) is 4.74 Å². The van der Waals surface area contributed by atoms with Crippen LogP contribution >= 0.6 is 24.0 Å². The molecule has 0 aromatic heterocycles. The van der Waals surface area contributed by atoms with Crippen LogP contribution < -0.4 is 15.4 Å². The molecule has 140 valence electrons. The standard InChI is InChI=1S/C18H26FN3O2.HI/c1-3-12(23-16-7-5-4-6-14(16)19)11-21-18(20-2)22-15-10-13-8-9-17(15)24-13;/h4-7,12-13,15,17H,3,8-11H2,1-2H3,(H2,20,21,22);1H. The van der Waals surface area contributed by atoms with Gasteiger partial charge in [0.15, 0.2) is 17.5 Å². The topological polar surface area (TPSA) is 54.9 Å². The summed E-state index contributed by atoms with van der Waals surface area (Å²) in [6.45, 7) is 2.58. The monoisotopic (exact) mass is 463 g/mol. The molecule has 2 aliphatic heterocycles. The summed E-state index contributed by atoms with van der Waals surface area (Å²) >= 11 is 0. The van der Waals surface area contributed by atoms with Crippen LogP contribution in [0, 0.1) is 5.82 Å². The lowest BCUT2D eigenvalue weighted by Gasteiger charge is -2.24. The van der Waals surface area contributed by atoms with Crippen LogP contribution in [-0.4, -0.2) is 43.9 Å². The van der Waals surface area contributed by atoms with E-state index in [0.717, 1.165) is 25.2 Å². The third-order valence-electron chi connectivity index (χ3n) is 4.73. The van der Waals surface area contributed by atoms with Crippen LogP contribution in [0.25, 0.3) is 0 Å². The summed E-state index contributed by atoms with van der Waals surface area (Å²) < 4.78 is 25.3. The van der Waals surface area contributed by atoms with Crippen LogP contribution in [0.2, 0.25) is 0 Å². The molecular weight excluding hydrogens is 436 g/mol. The van der Waals surface area contributed by atoms with Gasteiger partial charge in [-0.15, -0.1) is 24.0 Å². The molecule has 0 spiro atoms. The Kier molecular flexibility index (Phi) is 7.74. The van der Waals surface area contributed by atoms with Crippen molar-refractivity contribution in [3.8, 4) is 5.75 Å². The number of ether oxygens (including phenoxy) is 2. The third-order valence-corrected chi connectivity index (χ3v) is 4.73. The molecule has 1 aromatic rings. The number of nitrogens with zero attached hydrogens (tertiary/aromatic N) is 1. The number of hydrogen-bond donors (Lipinski definition) is 2. The van der Waals surface area contributed by atoms with E-state index in [1.165, 1.54) is 12.5 Å². The summed E-state index contributed by atoms with van der Waals surface area (Å²) in [5.41, 5.74) is 0. The van der Waals surface area contributed by atoms with Gasteiger partial charge in [-0.1, -0.05) is 19.1 Å². The van der Waals surface area contributed by atoms with Crippen LogP contribution in [0.15, 0.2) is 29.3 Å². The maximum atomic E-state index is 13.7. The Labute approximate surface area is 165 Å². The lowest BCUT2D eigenvalue weighted by atomic mass is 9.96. The fourth-order valence-electron chi connectivity index (χ4n) is 3.36. The summed E-state index contributed by atoms with van der Waals surface area (Å²) in [6.07, 6.45) is 4.67. The second-order valence-corrected chi connectivity index (χ2v) is 6.39. The summed E-state index contributed by atoms with van der Waals surface area (Å²) in [4.78, 5) is 4.28. The van der Waals surface area contributed by atoms with E-state index < -0.39 is 0 Å². The summed E-state index contributed by atoms with van der Waals surface area (Å²) in [6, 6.07) is 6.81. The van der Waals surface area contributed by atoms with Gasteiger partial charge in [0.2, 0.25) is 0 Å². The van der Waals surface area contributed by atoms with Gasteiger partial charge in [-0.3, -0.25) is 4.99 Å². The highest BCUT2D eigenvalue weighted by Crippen LogP contribution is 2.34. The number of aliphatic imine (C=N–C) groups is 1. The Morgan fingerprint density at radius 1 is 1.40 bits per heavy atom. The second-order valence-electron chi connectivity index (χ2n) is 6.39. The van der Waals surface area contributed by atoms with Crippen LogP contribution in [0.1, 0.15) is 32.6 Å². The summed E-state index contributed by atoms with van der Waals surface area (Å²) in [5, 5.41) is 6.72. The van der Waals surface area contributed by atoms with E-state index in [0.29, 0.717) is 24.8 Å². The molecule has 25 heavy (non-hydrogen) atoms. The van der Waals surface area contributed by atoms with Gasteiger partial charge in [0.05, 0.1) is 24.8 Å². The zero-order valence-electron chi connectivity index (χ0n) is 14.7. The smallest absolute Gasteiger partial charge is 0.191 e. The third kappa shape index (κ3) is 5.20. The number of para-hydroxylation sites is 1. The molecule has 3 rings (SSSR count). The molecule has 0 aliphatic carbocycles. The van der Waals surface area contributed by atoms with Gasteiger partial charge in [-0.25, -0.2) is 4.39 Å². The molecule has 0 amide bonds. The van der Waals surface area contributed by atoms with Crippen LogP contribution in [0.5, 0.6) is 5.75 Å². The van der Waals surface area contributed by atoms with Gasteiger partial charge in [0.25, 0.3) is 0 Å². The molecule has 2 saturated heterocycles. The van der Waals surface area contributed by atoms with E-state index in [1.54, 1.807) is 25.2 Å². The highest BCUT2D eigenvalue weighted by atomic mass is 127. The van der Waals surface area contributed by atoms with Crippen LogP contribution in [0.4, 0.5) is 4.39 Å². The molecule has 0 saturated carbocycles. The zero-order chi connectivity index (χ0) is 16.9. The van der Waals surface area contributed by atoms with Gasteiger partial charge >= 0.3 is 0 Å². The summed E-state index contributed by atoms with van der Waals surface area (Å²) in [7, 11) is 1.75. The molecule has 2 heterocycles. The Morgan fingerprint density at radius 2 is 2.20 bits per heavy atom. The summed E-state index contributed by atoms with van der Waals surface area (Å²) in [5.74, 6) is 0.694. The maximum absolute atomic E-state index is 13.7. The van der Waals surface area contributed by atoms with Crippen molar-refractivity contribution in [2.45, 2.75) is 57.0 Å². The molecule has 2 N–H and O–H groups in total. The maximum Gasteiger partial charge on any atom is 0.191 e. The molecule has 2 fully saturated rings. The first kappa shape index (κ1) is 20.2. The molecule has 1 aromatic carbocycles. The Hall–Kier alpha value is -1.09. The molecule has 4 atom stereocenters. The van der Waals surface area contributed by atoms with Gasteiger partial charge in [-0.05, 0) is 37.8 Å². The van der Waals surface area contributed by atoms with Crippen molar-refractivity contribution in [1.82, 2.24) is 10.6 Å². The minimum Gasteiger partial charge on any atom is -0.486 e. The van der Waals surface area contributed by atoms with Crippen molar-refractivity contribution in [2.24, 2.45) is 4.99 Å². The normalized spacial score (nSPS) is 26.0. The van der Waals surface area contributed by atoms with Gasteiger partial charge in [0.1, 0.15) is 6.10 Å². The predicted octanol–water partition coefficient (Wildman–Crippen LogP) is 3.09. The van der Waals surface area contributed by atoms with Crippen molar-refractivity contribution in [2.75, 3.05) is 13.6 Å². The van der Waals surface area contributed by atoms with E-state index in [1.807, 2.05) is 6.92 Å². The van der Waals surface area contributed by atoms with E-state index in [4.69, 9.17) is 9.47 Å². The fourth-order valence-corrected chi connectivity index (χ4v) is 3.36. The fraction of sp³-hybridized carbons (Fsp3) is 0.611. The number of guanidine groups is 1. The first-order chi connectivity index (χ1) is 11.7. The van der Waals surface area contributed by atoms with E-state index >= 15 is 0 Å². The van der Waals surface area contributed by atoms with Gasteiger partial charge in [0, 0.05) is 7.05 Å². The number of hydrogen-bond acceptors (Lipinski definition) is 3. The zero-order valence-corrected chi connectivity index (χ0v) is 17.0. The molecule has 0 radical (unpaired) electrons. The lowest BCUT2D eigenvalue weighted by molar-refractivity contribution is 0.0992. The first-order valence-corrected chi connectivity index (χ1v) is 8.73. The van der Waals surface area contributed by atoms with Crippen molar-refractivity contribution in [1.29, 1.82) is 0 Å². The molecule has 5 nitrogen and oxygen atoms in total. The van der Waals surface area contributed by atoms with E-state index in [-0.39, 0.29) is 41.6 Å². The molecule has 7 heteroatoms. The average molecular weight is 463 g/mol. The highest BCUT2D eigenvalue weighted by Gasteiger charge is 2.41. The predicted molar refractivity (Wildman–Crippen MR) is 107 cm³/mol. The molecule has 2 aliphatic rings. The number of fused-ring (bicyclic) bond motifs is 2. The van der Waals surface area contributed by atoms with E-state index in [2.05, 4.69) is 15.6 Å². The minimum absolute atomic E-state index is 0. The largest absolute Gasteiger partial charge is 0.486 e. The first-order valence-electron chi connectivity index (χ1n) is 8.73. The SMILES string of the molecule is CCC(CNC(=NC)NC1CC2CCC1O2)Oc1ccccc1F.I.